The maximum atomic E-state index is 13.5. The van der Waals surface area contributed by atoms with Crippen molar-refractivity contribution in [1.82, 2.24) is 4.90 Å². The summed E-state index contributed by atoms with van der Waals surface area (Å²) in [7, 11) is 3.58. The third-order valence-corrected chi connectivity index (χ3v) is 2.60. The molecule has 4 nitrogen and oxygen atoms in total. The molecular formula is C14H18FNO3. The smallest absolute Gasteiger partial charge is 0.328 e. The van der Waals surface area contributed by atoms with Crippen LogP contribution in [-0.4, -0.2) is 43.3 Å². The molecule has 0 aliphatic carbocycles. The van der Waals surface area contributed by atoms with Crippen molar-refractivity contribution in [2.24, 2.45) is 0 Å². The van der Waals surface area contributed by atoms with Crippen LogP contribution in [0.15, 0.2) is 24.3 Å². The molecule has 0 atom stereocenters. The summed E-state index contributed by atoms with van der Waals surface area (Å²) in [5.41, 5.74) is 1.20. The summed E-state index contributed by atoms with van der Waals surface area (Å²) in [5.74, 6) is -1.53. The summed E-state index contributed by atoms with van der Waals surface area (Å²) in [4.78, 5) is 12.5. The monoisotopic (exact) mass is 267 g/mol. The second-order valence-corrected chi connectivity index (χ2v) is 4.26. The normalized spacial score (nSPS) is 11.4. The van der Waals surface area contributed by atoms with Gasteiger partial charge >= 0.3 is 5.97 Å². The van der Waals surface area contributed by atoms with Crippen molar-refractivity contribution in [3.63, 3.8) is 0 Å². The Bertz CT molecular complexity index is 460. The molecule has 1 N–H and O–H groups in total. The number of nitrogens with zero attached hydrogens (tertiary/aromatic N) is 1. The summed E-state index contributed by atoms with van der Waals surface area (Å²) in [6, 6.07) is 4.69. The van der Waals surface area contributed by atoms with Crippen molar-refractivity contribution in [2.45, 2.75) is 6.54 Å². The minimum Gasteiger partial charge on any atom is -0.478 e. The van der Waals surface area contributed by atoms with Crippen molar-refractivity contribution in [3.8, 4) is 0 Å². The van der Waals surface area contributed by atoms with Crippen LogP contribution in [0.3, 0.4) is 0 Å². The Hall–Kier alpha value is -1.72. The molecule has 0 saturated carbocycles. The molecule has 0 radical (unpaired) electrons. The average Bonchev–Trinajstić information content (AvgIpc) is 2.37. The minimum atomic E-state index is -1.10. The standard InChI is InChI=1S/C14H18FNO3/c1-16(7-8-19-2)10-11-3-5-13(15)12(9-11)4-6-14(17)18/h3-6,9H,7-8,10H2,1-2H3,(H,17,18). The van der Waals surface area contributed by atoms with E-state index in [0.717, 1.165) is 18.2 Å². The van der Waals surface area contributed by atoms with Gasteiger partial charge in [-0.1, -0.05) is 6.07 Å². The second kappa shape index (κ2) is 7.66. The molecular weight excluding hydrogens is 249 g/mol. The fraction of sp³-hybridized carbons (Fsp3) is 0.357. The number of ether oxygens (including phenoxy) is 1. The predicted molar refractivity (Wildman–Crippen MR) is 71.3 cm³/mol. The highest BCUT2D eigenvalue weighted by molar-refractivity contribution is 5.85. The lowest BCUT2D eigenvalue weighted by Crippen LogP contribution is -2.22. The fourth-order valence-corrected chi connectivity index (χ4v) is 1.62. The third kappa shape index (κ3) is 5.63. The summed E-state index contributed by atoms with van der Waals surface area (Å²) in [5, 5.41) is 8.55. The number of likely N-dealkylation sites (N-methyl/N-ethyl adjacent to an activating group) is 1. The highest BCUT2D eigenvalue weighted by atomic mass is 19.1. The number of carboxylic acid groups (broad SMARTS) is 1. The van der Waals surface area contributed by atoms with E-state index in [2.05, 4.69) is 0 Å². The number of halogens is 1. The van der Waals surface area contributed by atoms with Gasteiger partial charge in [-0.2, -0.15) is 0 Å². The number of aliphatic carboxylic acids is 1. The van der Waals surface area contributed by atoms with E-state index in [9.17, 15) is 9.18 Å². The predicted octanol–water partition coefficient (Wildman–Crippen LogP) is 2.00. The van der Waals surface area contributed by atoms with Crippen LogP contribution in [0.25, 0.3) is 6.08 Å². The van der Waals surface area contributed by atoms with Crippen LogP contribution in [0.5, 0.6) is 0 Å². The number of carboxylic acids is 1. The van der Waals surface area contributed by atoms with E-state index in [0.29, 0.717) is 13.2 Å². The molecule has 0 aromatic heterocycles. The molecule has 1 aromatic carbocycles. The Morgan fingerprint density at radius 1 is 1.53 bits per heavy atom. The Morgan fingerprint density at radius 3 is 2.89 bits per heavy atom. The molecule has 0 aliphatic rings. The lowest BCUT2D eigenvalue weighted by atomic mass is 10.1. The van der Waals surface area contributed by atoms with Crippen LogP contribution >= 0.6 is 0 Å². The highest BCUT2D eigenvalue weighted by Crippen LogP contribution is 2.13. The molecule has 1 aromatic rings. The third-order valence-electron chi connectivity index (χ3n) is 2.60. The first-order valence-corrected chi connectivity index (χ1v) is 5.90. The topological polar surface area (TPSA) is 49.8 Å². The largest absolute Gasteiger partial charge is 0.478 e. The van der Waals surface area contributed by atoms with Crippen molar-refractivity contribution >= 4 is 12.0 Å². The number of rotatable bonds is 7. The first-order valence-electron chi connectivity index (χ1n) is 5.90. The van der Waals surface area contributed by atoms with Crippen molar-refractivity contribution < 1.29 is 19.0 Å². The number of methoxy groups -OCH3 is 1. The van der Waals surface area contributed by atoms with Crippen molar-refractivity contribution in [1.29, 1.82) is 0 Å². The van der Waals surface area contributed by atoms with Gasteiger partial charge in [0.1, 0.15) is 5.82 Å². The van der Waals surface area contributed by atoms with Gasteiger partial charge in [-0.15, -0.1) is 0 Å². The molecule has 19 heavy (non-hydrogen) atoms. The Kier molecular flexibility index (Phi) is 6.18. The maximum Gasteiger partial charge on any atom is 0.328 e. The van der Waals surface area contributed by atoms with E-state index >= 15 is 0 Å². The van der Waals surface area contributed by atoms with E-state index in [1.165, 1.54) is 12.1 Å². The molecule has 104 valence electrons. The molecule has 5 heteroatoms. The number of hydrogen-bond donors (Lipinski definition) is 1. The minimum absolute atomic E-state index is 0.278. The molecule has 0 aliphatic heterocycles. The zero-order chi connectivity index (χ0) is 14.3. The zero-order valence-electron chi connectivity index (χ0n) is 11.1. The first-order chi connectivity index (χ1) is 9.02. The van der Waals surface area contributed by atoms with Gasteiger partial charge in [0.15, 0.2) is 0 Å². The summed E-state index contributed by atoms with van der Waals surface area (Å²) >= 11 is 0. The van der Waals surface area contributed by atoms with Gasteiger partial charge in [0.2, 0.25) is 0 Å². The summed E-state index contributed by atoms with van der Waals surface area (Å²) < 4.78 is 18.5. The van der Waals surface area contributed by atoms with Gasteiger partial charge in [0.25, 0.3) is 0 Å². The zero-order valence-corrected chi connectivity index (χ0v) is 11.1. The summed E-state index contributed by atoms with van der Waals surface area (Å²) in [6.45, 7) is 2.05. The Morgan fingerprint density at radius 2 is 2.26 bits per heavy atom. The van der Waals surface area contributed by atoms with Crippen LogP contribution in [0.4, 0.5) is 4.39 Å². The van der Waals surface area contributed by atoms with Gasteiger partial charge < -0.3 is 9.84 Å². The summed E-state index contributed by atoms with van der Waals surface area (Å²) in [6.07, 6.45) is 2.19. The van der Waals surface area contributed by atoms with Crippen LogP contribution in [0.1, 0.15) is 11.1 Å². The van der Waals surface area contributed by atoms with Gasteiger partial charge in [-0.25, -0.2) is 9.18 Å². The molecule has 1 rings (SSSR count). The van der Waals surface area contributed by atoms with E-state index in [1.54, 1.807) is 19.2 Å². The maximum absolute atomic E-state index is 13.5. The number of carbonyl (C=O) groups is 1. The number of benzene rings is 1. The fourth-order valence-electron chi connectivity index (χ4n) is 1.62. The van der Waals surface area contributed by atoms with Gasteiger partial charge in [-0.05, 0) is 30.8 Å². The highest BCUT2D eigenvalue weighted by Gasteiger charge is 2.04. The Labute approximate surface area is 112 Å². The second-order valence-electron chi connectivity index (χ2n) is 4.26. The molecule has 0 spiro atoms. The lowest BCUT2D eigenvalue weighted by Gasteiger charge is -2.16. The van der Waals surface area contributed by atoms with Gasteiger partial charge in [0, 0.05) is 31.8 Å². The van der Waals surface area contributed by atoms with Gasteiger partial charge in [-0.3, -0.25) is 4.90 Å². The number of hydrogen-bond acceptors (Lipinski definition) is 3. The van der Waals surface area contributed by atoms with Crippen LogP contribution in [0.2, 0.25) is 0 Å². The van der Waals surface area contributed by atoms with Crippen LogP contribution in [-0.2, 0) is 16.1 Å². The molecule has 0 bridgehead atoms. The van der Waals surface area contributed by atoms with E-state index in [-0.39, 0.29) is 5.56 Å². The molecule has 0 unspecified atom stereocenters. The van der Waals surface area contributed by atoms with E-state index in [4.69, 9.17) is 9.84 Å². The lowest BCUT2D eigenvalue weighted by molar-refractivity contribution is -0.131. The van der Waals surface area contributed by atoms with Crippen molar-refractivity contribution in [2.75, 3.05) is 27.3 Å². The molecule has 0 fully saturated rings. The van der Waals surface area contributed by atoms with Crippen LogP contribution < -0.4 is 0 Å². The quantitative estimate of drug-likeness (QED) is 0.768. The Balaban J connectivity index is 2.75. The molecule has 0 amide bonds. The van der Waals surface area contributed by atoms with E-state index in [1.807, 2.05) is 11.9 Å². The van der Waals surface area contributed by atoms with Gasteiger partial charge in [0.05, 0.1) is 6.61 Å². The van der Waals surface area contributed by atoms with E-state index < -0.39 is 11.8 Å². The average molecular weight is 267 g/mol. The van der Waals surface area contributed by atoms with Crippen molar-refractivity contribution in [3.05, 3.63) is 41.2 Å². The first kappa shape index (κ1) is 15.3. The molecule has 0 heterocycles. The molecule has 0 saturated heterocycles. The SMILES string of the molecule is COCCN(C)Cc1ccc(F)c(C=CC(=O)O)c1. The van der Waals surface area contributed by atoms with Crippen LogP contribution in [0, 0.1) is 5.82 Å².